The van der Waals surface area contributed by atoms with Crippen LogP contribution in [0.1, 0.15) is 12.8 Å². The highest BCUT2D eigenvalue weighted by Gasteiger charge is 2.36. The van der Waals surface area contributed by atoms with Crippen molar-refractivity contribution in [3.05, 3.63) is 25.3 Å². The summed E-state index contributed by atoms with van der Waals surface area (Å²) in [5.74, 6) is 0. The molecular formula is C9H15NO2S. The third-order valence-corrected chi connectivity index (χ3v) is 4.57. The minimum absolute atomic E-state index is 0.259. The molecule has 1 atom stereocenters. The largest absolute Gasteiger partial charge is 0.217 e. The highest BCUT2D eigenvalue weighted by atomic mass is 32.2. The standard InChI is InChI=1S/C9H15NO2S/c1-3-5-9-6-8-10(7-4-2)13(9,11)12/h3-4,9H,1-2,5-8H2. The number of hydrogen-bond acceptors (Lipinski definition) is 2. The Bertz CT molecular complexity index is 271. The molecule has 1 aliphatic heterocycles. The van der Waals surface area contributed by atoms with Crippen molar-refractivity contribution in [3.63, 3.8) is 0 Å². The zero-order valence-corrected chi connectivity index (χ0v) is 8.46. The Kier molecular flexibility index (Phi) is 3.27. The summed E-state index contributed by atoms with van der Waals surface area (Å²) >= 11 is 0. The summed E-state index contributed by atoms with van der Waals surface area (Å²) in [7, 11) is -3.06. The van der Waals surface area contributed by atoms with Crippen molar-refractivity contribution in [2.75, 3.05) is 13.1 Å². The Morgan fingerprint density at radius 2 is 2.08 bits per heavy atom. The lowest BCUT2D eigenvalue weighted by atomic mass is 10.2. The zero-order valence-electron chi connectivity index (χ0n) is 7.65. The van der Waals surface area contributed by atoms with Gasteiger partial charge in [0.05, 0.1) is 5.25 Å². The fourth-order valence-electron chi connectivity index (χ4n) is 1.54. The SMILES string of the molecule is C=CCC1CCN(CC=C)S1(=O)=O. The third kappa shape index (κ3) is 2.00. The first-order valence-corrected chi connectivity index (χ1v) is 5.84. The third-order valence-electron chi connectivity index (χ3n) is 2.24. The molecule has 0 bridgehead atoms. The molecule has 1 saturated heterocycles. The second-order valence-corrected chi connectivity index (χ2v) is 5.34. The molecular weight excluding hydrogens is 186 g/mol. The second kappa shape index (κ2) is 4.07. The maximum atomic E-state index is 11.7. The van der Waals surface area contributed by atoms with Crippen LogP contribution in [0, 0.1) is 0 Å². The van der Waals surface area contributed by atoms with Crippen LogP contribution in [0.5, 0.6) is 0 Å². The molecule has 4 heteroatoms. The fraction of sp³-hybridized carbons (Fsp3) is 0.556. The number of allylic oxidation sites excluding steroid dienone is 1. The molecule has 0 radical (unpaired) electrons. The molecule has 3 nitrogen and oxygen atoms in total. The van der Waals surface area contributed by atoms with E-state index in [1.54, 1.807) is 12.2 Å². The number of rotatable bonds is 4. The van der Waals surface area contributed by atoms with Crippen molar-refractivity contribution in [1.29, 1.82) is 0 Å². The molecule has 1 unspecified atom stereocenters. The summed E-state index contributed by atoms with van der Waals surface area (Å²) in [4.78, 5) is 0. The molecule has 1 fully saturated rings. The van der Waals surface area contributed by atoms with Crippen molar-refractivity contribution < 1.29 is 8.42 Å². The Hall–Kier alpha value is -0.610. The number of sulfonamides is 1. The van der Waals surface area contributed by atoms with Gasteiger partial charge in [-0.05, 0) is 12.8 Å². The Morgan fingerprint density at radius 1 is 1.38 bits per heavy atom. The predicted octanol–water partition coefficient (Wildman–Crippen LogP) is 1.15. The highest BCUT2D eigenvalue weighted by Crippen LogP contribution is 2.24. The van der Waals surface area contributed by atoms with Crippen LogP contribution in [0.15, 0.2) is 25.3 Å². The van der Waals surface area contributed by atoms with Gasteiger partial charge in [-0.2, -0.15) is 4.31 Å². The van der Waals surface area contributed by atoms with E-state index in [-0.39, 0.29) is 5.25 Å². The molecule has 0 spiro atoms. The average molecular weight is 201 g/mol. The summed E-state index contributed by atoms with van der Waals surface area (Å²) in [5.41, 5.74) is 0. The molecule has 0 saturated carbocycles. The van der Waals surface area contributed by atoms with Crippen LogP contribution in [0.4, 0.5) is 0 Å². The summed E-state index contributed by atoms with van der Waals surface area (Å²) in [6.45, 7) is 8.14. The molecule has 1 rings (SSSR count). The van der Waals surface area contributed by atoms with Crippen molar-refractivity contribution in [3.8, 4) is 0 Å². The van der Waals surface area contributed by atoms with Crippen LogP contribution in [-0.4, -0.2) is 31.1 Å². The van der Waals surface area contributed by atoms with Crippen LogP contribution in [-0.2, 0) is 10.0 Å². The minimum atomic E-state index is -3.06. The number of hydrogen-bond donors (Lipinski definition) is 0. The zero-order chi connectivity index (χ0) is 9.90. The van der Waals surface area contributed by atoms with E-state index in [2.05, 4.69) is 13.2 Å². The van der Waals surface area contributed by atoms with Crippen molar-refractivity contribution in [2.24, 2.45) is 0 Å². The van der Waals surface area contributed by atoms with Gasteiger partial charge in [0.1, 0.15) is 0 Å². The normalized spacial score (nSPS) is 27.2. The van der Waals surface area contributed by atoms with Gasteiger partial charge < -0.3 is 0 Å². The van der Waals surface area contributed by atoms with Gasteiger partial charge in [-0.3, -0.25) is 0 Å². The molecule has 0 aromatic heterocycles. The van der Waals surface area contributed by atoms with Gasteiger partial charge in [0, 0.05) is 13.1 Å². The lowest BCUT2D eigenvalue weighted by Crippen LogP contribution is -2.29. The first kappa shape index (κ1) is 10.5. The molecule has 0 amide bonds. The average Bonchev–Trinajstić information content (AvgIpc) is 2.33. The van der Waals surface area contributed by atoms with Crippen LogP contribution >= 0.6 is 0 Å². The summed E-state index contributed by atoms with van der Waals surface area (Å²) in [5, 5.41) is -0.259. The van der Waals surface area contributed by atoms with Gasteiger partial charge in [-0.15, -0.1) is 13.2 Å². The van der Waals surface area contributed by atoms with Gasteiger partial charge in [-0.1, -0.05) is 12.2 Å². The van der Waals surface area contributed by atoms with E-state index in [1.165, 1.54) is 4.31 Å². The van der Waals surface area contributed by atoms with E-state index in [0.29, 0.717) is 25.9 Å². The molecule has 1 aliphatic rings. The smallest absolute Gasteiger partial charge is 0.212 e. The quantitative estimate of drug-likeness (QED) is 0.640. The molecule has 1 heterocycles. The van der Waals surface area contributed by atoms with E-state index in [1.807, 2.05) is 0 Å². The first-order valence-electron chi connectivity index (χ1n) is 4.33. The van der Waals surface area contributed by atoms with Gasteiger partial charge in [0.15, 0.2) is 0 Å². The Balaban J connectivity index is 2.76. The molecule has 0 aliphatic carbocycles. The summed E-state index contributed by atoms with van der Waals surface area (Å²) < 4.78 is 24.9. The van der Waals surface area contributed by atoms with E-state index >= 15 is 0 Å². The second-order valence-electron chi connectivity index (χ2n) is 3.13. The van der Waals surface area contributed by atoms with Crippen LogP contribution in [0.3, 0.4) is 0 Å². The van der Waals surface area contributed by atoms with Gasteiger partial charge in [0.2, 0.25) is 10.0 Å². The van der Waals surface area contributed by atoms with Crippen molar-refractivity contribution in [2.45, 2.75) is 18.1 Å². The molecule has 0 aromatic rings. The Morgan fingerprint density at radius 3 is 2.62 bits per heavy atom. The molecule has 0 N–H and O–H groups in total. The minimum Gasteiger partial charge on any atom is -0.212 e. The molecule has 13 heavy (non-hydrogen) atoms. The van der Waals surface area contributed by atoms with Gasteiger partial charge >= 0.3 is 0 Å². The van der Waals surface area contributed by atoms with Gasteiger partial charge in [-0.25, -0.2) is 8.42 Å². The molecule has 74 valence electrons. The first-order chi connectivity index (χ1) is 6.12. The van der Waals surface area contributed by atoms with Crippen molar-refractivity contribution >= 4 is 10.0 Å². The highest BCUT2D eigenvalue weighted by molar-refractivity contribution is 7.90. The van der Waals surface area contributed by atoms with E-state index in [0.717, 1.165) is 0 Å². The maximum absolute atomic E-state index is 11.7. The summed E-state index contributed by atoms with van der Waals surface area (Å²) in [6.07, 6.45) is 4.55. The van der Waals surface area contributed by atoms with E-state index in [4.69, 9.17) is 0 Å². The monoisotopic (exact) mass is 201 g/mol. The van der Waals surface area contributed by atoms with Crippen LogP contribution in [0.25, 0.3) is 0 Å². The number of nitrogens with zero attached hydrogens (tertiary/aromatic N) is 1. The molecule has 0 aromatic carbocycles. The fourth-order valence-corrected chi connectivity index (χ4v) is 3.42. The van der Waals surface area contributed by atoms with Gasteiger partial charge in [0.25, 0.3) is 0 Å². The maximum Gasteiger partial charge on any atom is 0.217 e. The summed E-state index contributed by atoms with van der Waals surface area (Å²) in [6, 6.07) is 0. The van der Waals surface area contributed by atoms with E-state index in [9.17, 15) is 8.42 Å². The van der Waals surface area contributed by atoms with E-state index < -0.39 is 10.0 Å². The van der Waals surface area contributed by atoms with Crippen LogP contribution in [0.2, 0.25) is 0 Å². The topological polar surface area (TPSA) is 37.4 Å². The van der Waals surface area contributed by atoms with Crippen molar-refractivity contribution in [1.82, 2.24) is 4.31 Å². The Labute approximate surface area is 79.8 Å². The lowest BCUT2D eigenvalue weighted by Gasteiger charge is -2.13. The predicted molar refractivity (Wildman–Crippen MR) is 53.9 cm³/mol. The van der Waals surface area contributed by atoms with Crippen LogP contribution < -0.4 is 0 Å². The lowest BCUT2D eigenvalue weighted by molar-refractivity contribution is 0.479.